The van der Waals surface area contributed by atoms with Crippen LogP contribution in [0.2, 0.25) is 0 Å². The average molecular weight is 275 g/mol. The first-order chi connectivity index (χ1) is 9.11. The van der Waals surface area contributed by atoms with E-state index in [1.54, 1.807) is 17.4 Å². The van der Waals surface area contributed by atoms with Gasteiger partial charge in [0.15, 0.2) is 5.82 Å². The number of nitrogens with zero attached hydrogens (tertiary/aromatic N) is 2. The van der Waals surface area contributed by atoms with Crippen molar-refractivity contribution >= 4 is 28.1 Å². The van der Waals surface area contributed by atoms with Crippen molar-refractivity contribution in [2.24, 2.45) is 0 Å². The molecule has 0 bridgehead atoms. The Hall–Kier alpha value is -1.88. The monoisotopic (exact) mass is 275 g/mol. The molecule has 0 aliphatic carbocycles. The molecule has 0 amide bonds. The molecule has 0 atom stereocenters. The number of hydrogen-bond acceptors (Lipinski definition) is 3. The van der Waals surface area contributed by atoms with E-state index >= 15 is 0 Å². The number of hydrogen-bond donors (Lipinski definition) is 1. The van der Waals surface area contributed by atoms with Gasteiger partial charge in [0.05, 0.1) is 21.6 Å². The molecule has 1 aromatic carbocycles. The molecule has 3 aromatic rings. The van der Waals surface area contributed by atoms with Crippen LogP contribution in [0.5, 0.6) is 0 Å². The number of nitrogen functional groups attached to an aromatic ring is 1. The number of thiophene rings is 1. The minimum absolute atomic E-state index is 0.268. The molecule has 0 saturated carbocycles. The third-order valence-electron chi connectivity index (χ3n) is 3.25. The summed E-state index contributed by atoms with van der Waals surface area (Å²) in [5, 5.41) is 2.02. The van der Waals surface area contributed by atoms with E-state index in [1.165, 1.54) is 12.1 Å². The molecule has 0 fully saturated rings. The first kappa shape index (κ1) is 12.2. The average Bonchev–Trinajstić information content (AvgIpc) is 2.90. The molecule has 0 spiro atoms. The van der Waals surface area contributed by atoms with Crippen LogP contribution < -0.4 is 5.73 Å². The molecule has 2 aromatic heterocycles. The topological polar surface area (TPSA) is 43.8 Å². The molecule has 0 aliphatic rings. The van der Waals surface area contributed by atoms with Gasteiger partial charge in [-0.15, -0.1) is 11.3 Å². The third-order valence-corrected chi connectivity index (χ3v) is 4.36. The maximum absolute atomic E-state index is 13.3. The standard InChI is InChI=1S/C14H14FN3S/c1-3-18-11-5-4-9(15)6-10(11)17-14(18)13-12(16)8(2)7-19-13/h4-7H,3,16H2,1-2H3. The van der Waals surface area contributed by atoms with Crippen molar-refractivity contribution in [2.75, 3.05) is 5.73 Å². The normalized spacial score (nSPS) is 11.3. The Morgan fingerprint density at radius 2 is 2.21 bits per heavy atom. The predicted molar refractivity (Wildman–Crippen MR) is 77.8 cm³/mol. The second-order valence-corrected chi connectivity index (χ2v) is 5.35. The maximum atomic E-state index is 13.3. The number of halogens is 1. The van der Waals surface area contributed by atoms with Gasteiger partial charge in [0, 0.05) is 12.6 Å². The van der Waals surface area contributed by atoms with Gasteiger partial charge in [0.2, 0.25) is 0 Å². The number of imidazole rings is 1. The molecular weight excluding hydrogens is 261 g/mol. The van der Waals surface area contributed by atoms with E-state index in [4.69, 9.17) is 5.73 Å². The number of anilines is 1. The quantitative estimate of drug-likeness (QED) is 0.772. The summed E-state index contributed by atoms with van der Waals surface area (Å²) in [5.41, 5.74) is 9.51. The van der Waals surface area contributed by atoms with Crippen molar-refractivity contribution in [1.82, 2.24) is 9.55 Å². The lowest BCUT2D eigenvalue weighted by molar-refractivity contribution is 0.629. The fraction of sp³-hybridized carbons (Fsp3) is 0.214. The van der Waals surface area contributed by atoms with Crippen molar-refractivity contribution in [3.63, 3.8) is 0 Å². The molecule has 0 saturated heterocycles. The Labute approximate surface area is 114 Å². The maximum Gasteiger partial charge on any atom is 0.153 e. The van der Waals surface area contributed by atoms with Gasteiger partial charge < -0.3 is 10.3 Å². The molecular formula is C14H14FN3S. The van der Waals surface area contributed by atoms with Gasteiger partial charge in [-0.1, -0.05) is 0 Å². The second-order valence-electron chi connectivity index (χ2n) is 4.47. The highest BCUT2D eigenvalue weighted by molar-refractivity contribution is 7.14. The second kappa shape index (κ2) is 4.35. The van der Waals surface area contributed by atoms with Crippen molar-refractivity contribution in [1.29, 1.82) is 0 Å². The van der Waals surface area contributed by atoms with Crippen LogP contribution in [0.3, 0.4) is 0 Å². The van der Waals surface area contributed by atoms with Crippen LogP contribution in [0.1, 0.15) is 12.5 Å². The number of fused-ring (bicyclic) bond motifs is 1. The van der Waals surface area contributed by atoms with Crippen molar-refractivity contribution < 1.29 is 4.39 Å². The molecule has 98 valence electrons. The molecule has 3 nitrogen and oxygen atoms in total. The van der Waals surface area contributed by atoms with Gasteiger partial charge in [-0.2, -0.15) is 0 Å². The van der Waals surface area contributed by atoms with E-state index in [9.17, 15) is 4.39 Å². The highest BCUT2D eigenvalue weighted by Crippen LogP contribution is 2.35. The molecule has 2 N–H and O–H groups in total. The minimum atomic E-state index is -0.268. The van der Waals surface area contributed by atoms with Crippen LogP contribution in [0.25, 0.3) is 21.7 Å². The van der Waals surface area contributed by atoms with Crippen molar-refractivity contribution in [3.8, 4) is 10.7 Å². The largest absolute Gasteiger partial charge is 0.397 e. The summed E-state index contributed by atoms with van der Waals surface area (Å²) in [6.07, 6.45) is 0. The first-order valence-electron chi connectivity index (χ1n) is 6.11. The van der Waals surface area contributed by atoms with Gasteiger partial charge in [0.1, 0.15) is 5.82 Å². The summed E-state index contributed by atoms with van der Waals surface area (Å²) in [6, 6.07) is 4.69. The Bertz CT molecular complexity index is 757. The number of aryl methyl sites for hydroxylation is 2. The lowest BCUT2D eigenvalue weighted by atomic mass is 10.3. The van der Waals surface area contributed by atoms with E-state index in [2.05, 4.69) is 9.55 Å². The van der Waals surface area contributed by atoms with Crippen LogP contribution in [0, 0.1) is 12.7 Å². The first-order valence-corrected chi connectivity index (χ1v) is 6.99. The summed E-state index contributed by atoms with van der Waals surface area (Å²) < 4.78 is 15.4. The predicted octanol–water partition coefficient (Wildman–Crippen LogP) is 3.81. The van der Waals surface area contributed by atoms with Gasteiger partial charge >= 0.3 is 0 Å². The molecule has 19 heavy (non-hydrogen) atoms. The van der Waals surface area contributed by atoms with E-state index in [0.717, 1.165) is 34.0 Å². The fourth-order valence-corrected chi connectivity index (χ4v) is 3.19. The third kappa shape index (κ3) is 1.81. The van der Waals surface area contributed by atoms with Crippen LogP contribution in [-0.2, 0) is 6.54 Å². The summed E-state index contributed by atoms with van der Waals surface area (Å²) in [7, 11) is 0. The smallest absolute Gasteiger partial charge is 0.153 e. The summed E-state index contributed by atoms with van der Waals surface area (Å²) >= 11 is 1.58. The number of rotatable bonds is 2. The van der Waals surface area contributed by atoms with Gasteiger partial charge in [-0.25, -0.2) is 9.37 Å². The summed E-state index contributed by atoms with van der Waals surface area (Å²) in [5.74, 6) is 0.550. The Morgan fingerprint density at radius 1 is 1.42 bits per heavy atom. The van der Waals surface area contributed by atoms with Gasteiger partial charge in [-0.05, 0) is 36.9 Å². The van der Waals surface area contributed by atoms with Crippen LogP contribution in [0.15, 0.2) is 23.6 Å². The van der Waals surface area contributed by atoms with E-state index in [0.29, 0.717) is 5.52 Å². The van der Waals surface area contributed by atoms with Gasteiger partial charge in [0.25, 0.3) is 0 Å². The Kier molecular flexibility index (Phi) is 2.78. The number of aromatic nitrogens is 2. The zero-order valence-electron chi connectivity index (χ0n) is 10.8. The summed E-state index contributed by atoms with van der Waals surface area (Å²) in [4.78, 5) is 5.50. The number of benzene rings is 1. The summed E-state index contributed by atoms with van der Waals surface area (Å²) in [6.45, 7) is 4.80. The van der Waals surface area contributed by atoms with Crippen LogP contribution in [0.4, 0.5) is 10.1 Å². The van der Waals surface area contributed by atoms with Crippen molar-refractivity contribution in [3.05, 3.63) is 35.0 Å². The zero-order valence-corrected chi connectivity index (χ0v) is 11.6. The van der Waals surface area contributed by atoms with Gasteiger partial charge in [-0.3, -0.25) is 0 Å². The minimum Gasteiger partial charge on any atom is -0.397 e. The molecule has 0 radical (unpaired) electrons. The number of nitrogens with two attached hydrogens (primary N) is 1. The lowest BCUT2D eigenvalue weighted by Gasteiger charge is -2.05. The van der Waals surface area contributed by atoms with Crippen LogP contribution >= 0.6 is 11.3 Å². The molecule has 5 heteroatoms. The van der Waals surface area contributed by atoms with E-state index in [1.807, 2.05) is 19.2 Å². The Morgan fingerprint density at radius 3 is 2.84 bits per heavy atom. The molecule has 0 unspecified atom stereocenters. The molecule has 0 aliphatic heterocycles. The molecule has 3 rings (SSSR count). The Balaban J connectivity index is 2.31. The highest BCUT2D eigenvalue weighted by atomic mass is 32.1. The SMILES string of the molecule is CCn1c(-c2scc(C)c2N)nc2cc(F)ccc21. The van der Waals surface area contributed by atoms with Crippen molar-refractivity contribution in [2.45, 2.75) is 20.4 Å². The van der Waals surface area contributed by atoms with E-state index in [-0.39, 0.29) is 5.82 Å². The zero-order chi connectivity index (χ0) is 13.6. The molecule has 2 heterocycles. The fourth-order valence-electron chi connectivity index (χ4n) is 2.22. The lowest BCUT2D eigenvalue weighted by Crippen LogP contribution is -1.98. The van der Waals surface area contributed by atoms with E-state index < -0.39 is 0 Å². The highest BCUT2D eigenvalue weighted by Gasteiger charge is 2.16. The van der Waals surface area contributed by atoms with Crippen LogP contribution in [-0.4, -0.2) is 9.55 Å².